The summed E-state index contributed by atoms with van der Waals surface area (Å²) in [7, 11) is 0. The summed E-state index contributed by atoms with van der Waals surface area (Å²) in [6.07, 6.45) is 1.63. The number of hydrogen-bond acceptors (Lipinski definition) is 4. The van der Waals surface area contributed by atoms with Gasteiger partial charge in [0.15, 0.2) is 0 Å². The molecule has 3 rings (SSSR count). The third-order valence-corrected chi connectivity index (χ3v) is 3.75. The monoisotopic (exact) mass is 287 g/mol. The lowest BCUT2D eigenvalue weighted by Gasteiger charge is -1.97. The predicted octanol–water partition coefficient (Wildman–Crippen LogP) is 4.11. The normalized spacial score (nSPS) is 10.6. The number of hydrogen-bond donors (Lipinski definition) is 1. The summed E-state index contributed by atoms with van der Waals surface area (Å²) < 4.78 is 0. The first-order chi connectivity index (χ1) is 9.22. The molecule has 2 N–H and O–H groups in total. The number of rotatable bonds is 2. The Morgan fingerprint density at radius 2 is 1.79 bits per heavy atom. The second-order valence-electron chi connectivity index (χ2n) is 4.02. The molecule has 0 amide bonds. The van der Waals surface area contributed by atoms with Crippen LogP contribution in [0.4, 0.5) is 5.69 Å². The van der Waals surface area contributed by atoms with Gasteiger partial charge in [-0.3, -0.25) is 4.98 Å². The molecule has 3 aromatic rings. The van der Waals surface area contributed by atoms with Crippen molar-refractivity contribution in [2.24, 2.45) is 0 Å². The zero-order valence-electron chi connectivity index (χ0n) is 9.88. The van der Waals surface area contributed by atoms with Crippen LogP contribution in [0, 0.1) is 0 Å². The van der Waals surface area contributed by atoms with Crippen LogP contribution in [0.15, 0.2) is 48.0 Å². The Kier molecular flexibility index (Phi) is 3.19. The standard InChI is InChI=1S/C14H10ClN3S/c15-10-3-6-12(17-7-10)14-18-13(8-19-14)9-1-4-11(16)5-2-9/h1-8H,16H2. The number of aromatic nitrogens is 2. The minimum absolute atomic E-state index is 0.624. The van der Waals surface area contributed by atoms with E-state index in [1.807, 2.05) is 41.8 Å². The number of anilines is 1. The largest absolute Gasteiger partial charge is 0.399 e. The molecule has 19 heavy (non-hydrogen) atoms. The lowest BCUT2D eigenvalue weighted by Crippen LogP contribution is -1.85. The highest BCUT2D eigenvalue weighted by Crippen LogP contribution is 2.28. The first-order valence-corrected chi connectivity index (χ1v) is 6.91. The molecule has 0 saturated heterocycles. The molecule has 0 aliphatic rings. The van der Waals surface area contributed by atoms with Gasteiger partial charge in [-0.05, 0) is 24.3 Å². The number of pyridine rings is 1. The van der Waals surface area contributed by atoms with Crippen molar-refractivity contribution in [2.45, 2.75) is 0 Å². The maximum Gasteiger partial charge on any atom is 0.142 e. The molecule has 0 aliphatic carbocycles. The lowest BCUT2D eigenvalue weighted by atomic mass is 10.1. The first-order valence-electron chi connectivity index (χ1n) is 5.66. The topological polar surface area (TPSA) is 51.8 Å². The van der Waals surface area contributed by atoms with Crippen molar-refractivity contribution in [1.29, 1.82) is 0 Å². The van der Waals surface area contributed by atoms with E-state index in [0.29, 0.717) is 5.02 Å². The number of benzene rings is 1. The Morgan fingerprint density at radius 3 is 2.47 bits per heavy atom. The van der Waals surface area contributed by atoms with Crippen LogP contribution in [-0.2, 0) is 0 Å². The molecule has 0 atom stereocenters. The molecule has 94 valence electrons. The fraction of sp³-hybridized carbons (Fsp3) is 0. The molecule has 1 aromatic carbocycles. The average Bonchev–Trinajstić information content (AvgIpc) is 2.90. The second-order valence-corrected chi connectivity index (χ2v) is 5.32. The van der Waals surface area contributed by atoms with Gasteiger partial charge in [-0.25, -0.2) is 4.98 Å². The summed E-state index contributed by atoms with van der Waals surface area (Å²) in [5.74, 6) is 0. The summed E-state index contributed by atoms with van der Waals surface area (Å²) in [4.78, 5) is 8.85. The fourth-order valence-electron chi connectivity index (χ4n) is 1.68. The molecule has 5 heteroatoms. The van der Waals surface area contributed by atoms with Gasteiger partial charge in [-0.2, -0.15) is 0 Å². The second kappa shape index (κ2) is 4.99. The molecule has 0 fully saturated rings. The minimum Gasteiger partial charge on any atom is -0.399 e. The Morgan fingerprint density at radius 1 is 1.00 bits per heavy atom. The van der Waals surface area contributed by atoms with E-state index in [0.717, 1.165) is 27.6 Å². The van der Waals surface area contributed by atoms with E-state index >= 15 is 0 Å². The van der Waals surface area contributed by atoms with Gasteiger partial charge in [0.2, 0.25) is 0 Å². The highest BCUT2D eigenvalue weighted by atomic mass is 35.5. The third kappa shape index (κ3) is 2.59. The van der Waals surface area contributed by atoms with E-state index < -0.39 is 0 Å². The fourth-order valence-corrected chi connectivity index (χ4v) is 2.60. The van der Waals surface area contributed by atoms with Gasteiger partial charge < -0.3 is 5.73 Å². The highest BCUT2D eigenvalue weighted by Gasteiger charge is 2.07. The Balaban J connectivity index is 1.95. The van der Waals surface area contributed by atoms with Gasteiger partial charge in [0.1, 0.15) is 5.01 Å². The Bertz CT molecular complexity index is 629. The molecular weight excluding hydrogens is 278 g/mol. The van der Waals surface area contributed by atoms with E-state index in [2.05, 4.69) is 9.97 Å². The summed E-state index contributed by atoms with van der Waals surface area (Å²) in [5, 5.41) is 3.51. The molecular formula is C14H10ClN3S. The van der Waals surface area contributed by atoms with Gasteiger partial charge in [0.05, 0.1) is 16.4 Å². The van der Waals surface area contributed by atoms with Crippen molar-refractivity contribution in [1.82, 2.24) is 9.97 Å². The molecule has 0 radical (unpaired) electrons. The van der Waals surface area contributed by atoms with Crippen molar-refractivity contribution in [2.75, 3.05) is 5.73 Å². The SMILES string of the molecule is Nc1ccc(-c2csc(-c3ccc(Cl)cn3)n2)cc1. The van der Waals surface area contributed by atoms with Gasteiger partial charge in [-0.15, -0.1) is 11.3 Å². The van der Waals surface area contributed by atoms with Crippen molar-refractivity contribution >= 4 is 28.6 Å². The number of nitrogens with zero attached hydrogens (tertiary/aromatic N) is 2. The average molecular weight is 288 g/mol. The Labute approximate surface area is 119 Å². The molecule has 2 heterocycles. The smallest absolute Gasteiger partial charge is 0.142 e. The number of halogens is 1. The van der Waals surface area contributed by atoms with Gasteiger partial charge >= 0.3 is 0 Å². The van der Waals surface area contributed by atoms with Crippen LogP contribution in [0.3, 0.4) is 0 Å². The van der Waals surface area contributed by atoms with E-state index in [9.17, 15) is 0 Å². The van der Waals surface area contributed by atoms with E-state index in [1.165, 1.54) is 0 Å². The summed E-state index contributed by atoms with van der Waals surface area (Å²) in [6, 6.07) is 11.3. The van der Waals surface area contributed by atoms with Crippen molar-refractivity contribution in [3.05, 3.63) is 53.0 Å². The molecule has 0 spiro atoms. The Hall–Kier alpha value is -1.91. The van der Waals surface area contributed by atoms with E-state index in [4.69, 9.17) is 17.3 Å². The lowest BCUT2D eigenvalue weighted by molar-refractivity contribution is 1.29. The zero-order valence-corrected chi connectivity index (χ0v) is 11.4. The number of thiazole rings is 1. The van der Waals surface area contributed by atoms with Crippen molar-refractivity contribution in [3.63, 3.8) is 0 Å². The third-order valence-electron chi connectivity index (χ3n) is 2.66. The summed E-state index contributed by atoms with van der Waals surface area (Å²) in [5.41, 5.74) is 9.23. The maximum atomic E-state index is 5.82. The summed E-state index contributed by atoms with van der Waals surface area (Å²) in [6.45, 7) is 0. The zero-order chi connectivity index (χ0) is 13.2. The van der Waals surface area contributed by atoms with Gasteiger partial charge in [-0.1, -0.05) is 23.7 Å². The number of nitrogens with two attached hydrogens (primary N) is 1. The molecule has 0 unspecified atom stereocenters. The van der Waals surface area contributed by atoms with Crippen molar-refractivity contribution in [3.8, 4) is 22.0 Å². The van der Waals surface area contributed by atoms with Crippen LogP contribution in [0.1, 0.15) is 0 Å². The van der Waals surface area contributed by atoms with Crippen molar-refractivity contribution < 1.29 is 0 Å². The van der Waals surface area contributed by atoms with Crippen LogP contribution >= 0.6 is 22.9 Å². The predicted molar refractivity (Wildman–Crippen MR) is 80.2 cm³/mol. The molecule has 0 aliphatic heterocycles. The highest BCUT2D eigenvalue weighted by molar-refractivity contribution is 7.13. The molecule has 0 saturated carbocycles. The van der Waals surface area contributed by atoms with Crippen LogP contribution in [0.25, 0.3) is 22.0 Å². The molecule has 2 aromatic heterocycles. The van der Waals surface area contributed by atoms with Gasteiger partial charge in [0.25, 0.3) is 0 Å². The van der Waals surface area contributed by atoms with Crippen LogP contribution < -0.4 is 5.73 Å². The first kappa shape index (κ1) is 12.1. The summed E-state index contributed by atoms with van der Waals surface area (Å²) >= 11 is 7.38. The van der Waals surface area contributed by atoms with Crippen LogP contribution in [-0.4, -0.2) is 9.97 Å². The van der Waals surface area contributed by atoms with E-state index in [-0.39, 0.29) is 0 Å². The van der Waals surface area contributed by atoms with Crippen LogP contribution in [0.5, 0.6) is 0 Å². The quantitative estimate of drug-likeness (QED) is 0.722. The minimum atomic E-state index is 0.624. The molecule has 3 nitrogen and oxygen atoms in total. The number of nitrogen functional groups attached to an aromatic ring is 1. The van der Waals surface area contributed by atoms with Gasteiger partial charge in [0, 0.05) is 22.8 Å². The van der Waals surface area contributed by atoms with Crippen LogP contribution in [0.2, 0.25) is 5.02 Å². The van der Waals surface area contributed by atoms with E-state index in [1.54, 1.807) is 17.5 Å². The maximum absolute atomic E-state index is 5.82. The molecule has 0 bridgehead atoms.